The fourth-order valence-electron chi connectivity index (χ4n) is 3.22. The average molecular weight is 254 g/mol. The number of hydrogen-bond acceptors (Lipinski definition) is 3. The maximum Gasteiger partial charge on any atom is 0.242 e. The molecule has 1 heterocycles. The molecule has 2 aliphatic rings. The Morgan fingerprint density at radius 1 is 1.33 bits per heavy atom. The van der Waals surface area contributed by atoms with Gasteiger partial charge in [-0.05, 0) is 31.6 Å². The molecular formula is C14H26N2O2. The summed E-state index contributed by atoms with van der Waals surface area (Å²) in [5, 5.41) is 0. The van der Waals surface area contributed by atoms with Crippen molar-refractivity contribution in [1.82, 2.24) is 4.90 Å². The van der Waals surface area contributed by atoms with Gasteiger partial charge in [-0.3, -0.25) is 4.79 Å². The van der Waals surface area contributed by atoms with Crippen molar-refractivity contribution in [2.45, 2.75) is 57.0 Å². The SMILES string of the molecule is CC1CCCC(N(C)C(=O)C2(N)CCOCC2)C1. The van der Waals surface area contributed by atoms with E-state index in [1.165, 1.54) is 12.8 Å². The lowest BCUT2D eigenvalue weighted by Crippen LogP contribution is -2.59. The number of nitrogens with two attached hydrogens (primary N) is 1. The van der Waals surface area contributed by atoms with Gasteiger partial charge in [-0.1, -0.05) is 19.8 Å². The summed E-state index contributed by atoms with van der Waals surface area (Å²) in [6, 6.07) is 0.379. The number of carbonyl (C=O) groups excluding carboxylic acids is 1. The van der Waals surface area contributed by atoms with Gasteiger partial charge in [0, 0.05) is 26.3 Å². The monoisotopic (exact) mass is 254 g/mol. The van der Waals surface area contributed by atoms with Crippen molar-refractivity contribution in [2.75, 3.05) is 20.3 Å². The molecule has 0 spiro atoms. The third-order valence-electron chi connectivity index (χ3n) is 4.59. The van der Waals surface area contributed by atoms with Crippen molar-refractivity contribution in [2.24, 2.45) is 11.7 Å². The highest BCUT2D eigenvalue weighted by Crippen LogP contribution is 2.29. The minimum atomic E-state index is -0.687. The van der Waals surface area contributed by atoms with Gasteiger partial charge < -0.3 is 15.4 Å². The van der Waals surface area contributed by atoms with Crippen LogP contribution in [0.4, 0.5) is 0 Å². The molecule has 1 aliphatic carbocycles. The van der Waals surface area contributed by atoms with Gasteiger partial charge in [0.05, 0.1) is 5.54 Å². The van der Waals surface area contributed by atoms with Crippen molar-refractivity contribution in [3.63, 3.8) is 0 Å². The number of ether oxygens (including phenoxy) is 1. The quantitative estimate of drug-likeness (QED) is 0.813. The van der Waals surface area contributed by atoms with Crippen LogP contribution >= 0.6 is 0 Å². The molecule has 0 aromatic carbocycles. The van der Waals surface area contributed by atoms with E-state index < -0.39 is 5.54 Å². The molecule has 0 aromatic heterocycles. The molecule has 18 heavy (non-hydrogen) atoms. The van der Waals surface area contributed by atoms with Crippen LogP contribution in [0.25, 0.3) is 0 Å². The zero-order chi connectivity index (χ0) is 13.2. The van der Waals surface area contributed by atoms with Crippen LogP contribution in [0.5, 0.6) is 0 Å². The Kier molecular flexibility index (Phi) is 4.28. The molecule has 0 aromatic rings. The number of likely N-dealkylation sites (N-methyl/N-ethyl adjacent to an activating group) is 1. The second-order valence-electron chi connectivity index (χ2n) is 6.11. The number of carbonyl (C=O) groups is 1. The van der Waals surface area contributed by atoms with Gasteiger partial charge in [-0.2, -0.15) is 0 Å². The molecule has 2 rings (SSSR count). The summed E-state index contributed by atoms with van der Waals surface area (Å²) >= 11 is 0. The Morgan fingerprint density at radius 3 is 2.61 bits per heavy atom. The van der Waals surface area contributed by atoms with Crippen LogP contribution in [0.15, 0.2) is 0 Å². The van der Waals surface area contributed by atoms with E-state index in [1.54, 1.807) is 0 Å². The van der Waals surface area contributed by atoms with E-state index in [2.05, 4.69) is 6.92 Å². The molecule has 2 N–H and O–H groups in total. The van der Waals surface area contributed by atoms with Crippen LogP contribution in [-0.2, 0) is 9.53 Å². The summed E-state index contributed by atoms with van der Waals surface area (Å²) in [5.74, 6) is 0.840. The molecule has 2 fully saturated rings. The largest absolute Gasteiger partial charge is 0.381 e. The summed E-state index contributed by atoms with van der Waals surface area (Å²) in [5.41, 5.74) is 5.59. The Balaban J connectivity index is 1.98. The Morgan fingerprint density at radius 2 is 2.00 bits per heavy atom. The summed E-state index contributed by atoms with van der Waals surface area (Å²) in [6.07, 6.45) is 6.06. The second-order valence-corrected chi connectivity index (χ2v) is 6.11. The zero-order valence-corrected chi connectivity index (χ0v) is 11.7. The summed E-state index contributed by atoms with van der Waals surface area (Å²) < 4.78 is 5.31. The Bertz CT molecular complexity index is 300. The molecule has 0 radical (unpaired) electrons. The van der Waals surface area contributed by atoms with Gasteiger partial charge in [-0.25, -0.2) is 0 Å². The Hall–Kier alpha value is -0.610. The molecule has 1 aliphatic heterocycles. The van der Waals surface area contributed by atoms with Crippen LogP contribution in [0.1, 0.15) is 45.4 Å². The van der Waals surface area contributed by atoms with Crippen LogP contribution in [0, 0.1) is 5.92 Å². The highest BCUT2D eigenvalue weighted by atomic mass is 16.5. The second kappa shape index (κ2) is 5.57. The number of rotatable bonds is 2. The highest BCUT2D eigenvalue weighted by Gasteiger charge is 2.40. The number of nitrogens with zero attached hydrogens (tertiary/aromatic N) is 1. The van der Waals surface area contributed by atoms with E-state index in [0.717, 1.165) is 18.8 Å². The molecule has 2 atom stereocenters. The first kappa shape index (κ1) is 13.8. The summed E-state index contributed by atoms with van der Waals surface area (Å²) in [4.78, 5) is 14.5. The van der Waals surface area contributed by atoms with Gasteiger partial charge in [0.25, 0.3) is 0 Å². The third-order valence-corrected chi connectivity index (χ3v) is 4.59. The number of hydrogen-bond donors (Lipinski definition) is 1. The highest BCUT2D eigenvalue weighted by molar-refractivity contribution is 5.86. The predicted molar refractivity (Wildman–Crippen MR) is 71.2 cm³/mol. The van der Waals surface area contributed by atoms with Gasteiger partial charge in [-0.15, -0.1) is 0 Å². The van der Waals surface area contributed by atoms with E-state index in [9.17, 15) is 4.79 Å². The molecule has 0 bridgehead atoms. The normalized spacial score (nSPS) is 31.9. The topological polar surface area (TPSA) is 55.6 Å². The van der Waals surface area contributed by atoms with Crippen LogP contribution in [0.2, 0.25) is 0 Å². The molecule has 1 saturated heterocycles. The van der Waals surface area contributed by atoms with Crippen molar-refractivity contribution < 1.29 is 9.53 Å². The van der Waals surface area contributed by atoms with Gasteiger partial charge >= 0.3 is 0 Å². The maximum absolute atomic E-state index is 12.6. The van der Waals surface area contributed by atoms with Crippen LogP contribution < -0.4 is 5.73 Å². The molecule has 1 amide bonds. The first-order valence-electron chi connectivity index (χ1n) is 7.17. The molecule has 2 unspecified atom stereocenters. The van der Waals surface area contributed by atoms with Gasteiger partial charge in [0.2, 0.25) is 5.91 Å². The lowest BCUT2D eigenvalue weighted by Gasteiger charge is -2.40. The molecule has 1 saturated carbocycles. The first-order chi connectivity index (χ1) is 8.53. The smallest absolute Gasteiger partial charge is 0.242 e. The van der Waals surface area contributed by atoms with Crippen LogP contribution in [-0.4, -0.2) is 42.6 Å². The molecular weight excluding hydrogens is 228 g/mol. The van der Waals surface area contributed by atoms with Crippen LogP contribution in [0.3, 0.4) is 0 Å². The minimum absolute atomic E-state index is 0.116. The summed E-state index contributed by atoms with van der Waals surface area (Å²) in [7, 11) is 1.93. The van der Waals surface area contributed by atoms with Crippen molar-refractivity contribution in [1.29, 1.82) is 0 Å². The van der Waals surface area contributed by atoms with E-state index in [-0.39, 0.29) is 5.91 Å². The van der Waals surface area contributed by atoms with Gasteiger partial charge in [0.1, 0.15) is 0 Å². The van der Waals surface area contributed by atoms with E-state index >= 15 is 0 Å². The standard InChI is InChI=1S/C14H26N2O2/c1-11-4-3-5-12(10-11)16(2)13(17)14(15)6-8-18-9-7-14/h11-12H,3-10,15H2,1-2H3. The van der Waals surface area contributed by atoms with Crippen molar-refractivity contribution in [3.05, 3.63) is 0 Å². The summed E-state index contributed by atoms with van der Waals surface area (Å²) in [6.45, 7) is 3.49. The average Bonchev–Trinajstić information content (AvgIpc) is 2.38. The van der Waals surface area contributed by atoms with E-state index in [4.69, 9.17) is 10.5 Å². The van der Waals surface area contributed by atoms with Crippen molar-refractivity contribution >= 4 is 5.91 Å². The third kappa shape index (κ3) is 2.86. The zero-order valence-electron chi connectivity index (χ0n) is 11.7. The first-order valence-corrected chi connectivity index (χ1v) is 7.17. The molecule has 104 valence electrons. The fourth-order valence-corrected chi connectivity index (χ4v) is 3.22. The fraction of sp³-hybridized carbons (Fsp3) is 0.929. The van der Waals surface area contributed by atoms with E-state index in [1.807, 2.05) is 11.9 Å². The lowest BCUT2D eigenvalue weighted by molar-refractivity contribution is -0.142. The minimum Gasteiger partial charge on any atom is -0.381 e. The predicted octanol–water partition coefficient (Wildman–Crippen LogP) is 1.53. The molecule has 4 nitrogen and oxygen atoms in total. The van der Waals surface area contributed by atoms with E-state index in [0.29, 0.717) is 32.1 Å². The maximum atomic E-state index is 12.6. The van der Waals surface area contributed by atoms with Gasteiger partial charge in [0.15, 0.2) is 0 Å². The Labute approximate surface area is 110 Å². The molecule has 4 heteroatoms. The van der Waals surface area contributed by atoms with Crippen molar-refractivity contribution in [3.8, 4) is 0 Å². The number of amides is 1. The lowest BCUT2D eigenvalue weighted by atomic mass is 9.84.